The number of para-hydroxylation sites is 1. The molecule has 3 aromatic rings. The second-order valence-electron chi connectivity index (χ2n) is 8.67. The van der Waals surface area contributed by atoms with Crippen molar-refractivity contribution >= 4 is 40.4 Å². The van der Waals surface area contributed by atoms with Crippen LogP contribution in [-0.4, -0.2) is 53.3 Å². The van der Waals surface area contributed by atoms with Gasteiger partial charge in [0.15, 0.2) is 11.5 Å². The number of phenolic OH excluding ortho intramolecular Hbond substituents is 1. The van der Waals surface area contributed by atoms with Crippen LogP contribution in [0.15, 0.2) is 54.7 Å². The lowest BCUT2D eigenvalue weighted by molar-refractivity contribution is -0.129. The molecule has 5 N–H and O–H groups in total. The Morgan fingerprint density at radius 1 is 1.03 bits per heavy atom. The molecule has 1 aromatic heterocycles. The van der Waals surface area contributed by atoms with Crippen molar-refractivity contribution in [3.8, 4) is 17.2 Å². The number of rotatable bonds is 13. The third-order valence-corrected chi connectivity index (χ3v) is 5.97. The molecule has 0 aliphatic carbocycles. The highest BCUT2D eigenvalue weighted by molar-refractivity contribution is 6.04. The van der Waals surface area contributed by atoms with Gasteiger partial charge in [-0.25, -0.2) is 5.48 Å². The van der Waals surface area contributed by atoms with Crippen molar-refractivity contribution in [1.82, 2.24) is 15.8 Å². The molecule has 206 valence electrons. The molecule has 0 bridgehead atoms. The molecule has 0 aliphatic rings. The van der Waals surface area contributed by atoms with Crippen molar-refractivity contribution in [2.45, 2.75) is 38.1 Å². The van der Waals surface area contributed by atoms with E-state index < -0.39 is 23.8 Å². The Labute approximate surface area is 225 Å². The van der Waals surface area contributed by atoms with Crippen LogP contribution in [0.3, 0.4) is 0 Å². The van der Waals surface area contributed by atoms with E-state index in [9.17, 15) is 19.5 Å². The van der Waals surface area contributed by atoms with Crippen molar-refractivity contribution < 1.29 is 34.2 Å². The quantitative estimate of drug-likeness (QED) is 0.0960. The maximum absolute atomic E-state index is 13.3. The van der Waals surface area contributed by atoms with Gasteiger partial charge in [0.25, 0.3) is 0 Å². The zero-order valence-electron chi connectivity index (χ0n) is 21.8. The number of phenols is 1. The summed E-state index contributed by atoms with van der Waals surface area (Å²) in [5.74, 6) is -1.17. The summed E-state index contributed by atoms with van der Waals surface area (Å²) in [5.41, 5.74) is 3.29. The van der Waals surface area contributed by atoms with Crippen LogP contribution in [0, 0.1) is 0 Å². The average Bonchev–Trinajstić information content (AvgIpc) is 2.95. The third kappa shape index (κ3) is 8.17. The first-order valence-electron chi connectivity index (χ1n) is 12.4. The Kier molecular flexibility index (Phi) is 10.6. The molecule has 0 radical (unpaired) electrons. The molecular formula is C28H32N4O7. The Bertz CT molecular complexity index is 1310. The van der Waals surface area contributed by atoms with E-state index in [0.717, 1.165) is 5.39 Å². The van der Waals surface area contributed by atoms with E-state index in [4.69, 9.17) is 14.7 Å². The molecule has 0 saturated heterocycles. The number of ether oxygens (including phenoxy) is 2. The first kappa shape index (κ1) is 28.9. The van der Waals surface area contributed by atoms with Gasteiger partial charge in [-0.3, -0.25) is 24.6 Å². The Morgan fingerprint density at radius 2 is 1.74 bits per heavy atom. The molecule has 3 rings (SSSR count). The lowest BCUT2D eigenvalue weighted by atomic mass is 10.1. The van der Waals surface area contributed by atoms with Gasteiger partial charge in [-0.05, 0) is 48.7 Å². The normalized spacial score (nSPS) is 11.7. The van der Waals surface area contributed by atoms with Gasteiger partial charge in [-0.1, -0.05) is 31.0 Å². The number of methoxy groups -OCH3 is 2. The summed E-state index contributed by atoms with van der Waals surface area (Å²) in [5, 5.41) is 25.2. The monoisotopic (exact) mass is 536 g/mol. The average molecular weight is 537 g/mol. The van der Waals surface area contributed by atoms with Gasteiger partial charge < -0.3 is 25.2 Å². The van der Waals surface area contributed by atoms with E-state index in [1.54, 1.807) is 35.9 Å². The number of hydrogen-bond donors (Lipinski definition) is 5. The number of amides is 3. The largest absolute Gasteiger partial charge is 0.502 e. The molecule has 39 heavy (non-hydrogen) atoms. The number of carbonyl (C=O) groups excluding carboxylic acids is 3. The first-order valence-corrected chi connectivity index (χ1v) is 12.4. The predicted molar refractivity (Wildman–Crippen MR) is 146 cm³/mol. The molecule has 0 aliphatic heterocycles. The van der Waals surface area contributed by atoms with E-state index >= 15 is 0 Å². The van der Waals surface area contributed by atoms with Crippen LogP contribution in [0.25, 0.3) is 17.0 Å². The Balaban J connectivity index is 1.73. The van der Waals surface area contributed by atoms with Crippen LogP contribution in [0.1, 0.15) is 37.7 Å². The highest BCUT2D eigenvalue weighted by atomic mass is 16.5. The number of hydroxylamine groups is 1. The summed E-state index contributed by atoms with van der Waals surface area (Å²) in [6.07, 6.45) is 6.60. The number of anilines is 1. The lowest BCUT2D eigenvalue weighted by Crippen LogP contribution is -2.43. The van der Waals surface area contributed by atoms with Crippen LogP contribution in [0.2, 0.25) is 0 Å². The molecule has 0 saturated carbocycles. The minimum Gasteiger partial charge on any atom is -0.502 e. The smallest absolute Gasteiger partial charge is 0.247 e. The van der Waals surface area contributed by atoms with Gasteiger partial charge in [-0.15, -0.1) is 0 Å². The van der Waals surface area contributed by atoms with Gasteiger partial charge >= 0.3 is 0 Å². The second kappa shape index (κ2) is 14.3. The van der Waals surface area contributed by atoms with Gasteiger partial charge in [0, 0.05) is 24.1 Å². The second-order valence-corrected chi connectivity index (χ2v) is 8.67. The van der Waals surface area contributed by atoms with Crippen molar-refractivity contribution in [3.05, 3.63) is 60.3 Å². The number of nitrogens with one attached hydrogen (secondary N) is 3. The van der Waals surface area contributed by atoms with Gasteiger partial charge in [-0.2, -0.15) is 0 Å². The third-order valence-electron chi connectivity index (χ3n) is 5.97. The van der Waals surface area contributed by atoms with Crippen molar-refractivity contribution in [2.24, 2.45) is 0 Å². The Hall–Kier alpha value is -4.64. The summed E-state index contributed by atoms with van der Waals surface area (Å²) in [4.78, 5) is 41.6. The topological polar surface area (TPSA) is 159 Å². The highest BCUT2D eigenvalue weighted by Gasteiger charge is 2.21. The van der Waals surface area contributed by atoms with Gasteiger partial charge in [0.2, 0.25) is 23.5 Å². The molecule has 3 amide bonds. The highest BCUT2D eigenvalue weighted by Crippen LogP contribution is 2.37. The van der Waals surface area contributed by atoms with Crippen LogP contribution in [0.4, 0.5) is 5.69 Å². The summed E-state index contributed by atoms with van der Waals surface area (Å²) in [7, 11) is 2.80. The molecule has 0 fully saturated rings. The number of pyridine rings is 1. The fourth-order valence-corrected chi connectivity index (χ4v) is 3.96. The SMILES string of the molecule is COc1cc(/C=C/C(=O)N[C@@H](CCCCCC(=O)NO)C(=O)Nc2cccc3cccnc23)cc(OC)c1O. The van der Waals surface area contributed by atoms with Crippen LogP contribution >= 0.6 is 0 Å². The summed E-state index contributed by atoms with van der Waals surface area (Å²) >= 11 is 0. The number of benzene rings is 2. The molecule has 11 heteroatoms. The van der Waals surface area contributed by atoms with Crippen molar-refractivity contribution in [2.75, 3.05) is 19.5 Å². The summed E-state index contributed by atoms with van der Waals surface area (Å²) < 4.78 is 10.3. The number of unbranched alkanes of at least 4 members (excludes halogenated alkanes) is 2. The molecule has 11 nitrogen and oxygen atoms in total. The number of hydrogen-bond acceptors (Lipinski definition) is 8. The van der Waals surface area contributed by atoms with Crippen LogP contribution < -0.4 is 25.6 Å². The minimum atomic E-state index is -0.864. The maximum atomic E-state index is 13.3. The number of nitrogens with zero attached hydrogens (tertiary/aromatic N) is 1. The summed E-state index contributed by atoms with van der Waals surface area (Å²) in [6, 6.07) is 11.4. The predicted octanol–water partition coefficient (Wildman–Crippen LogP) is 3.55. The zero-order chi connectivity index (χ0) is 28.2. The number of carbonyl (C=O) groups is 3. The Morgan fingerprint density at radius 3 is 2.44 bits per heavy atom. The molecular weight excluding hydrogens is 504 g/mol. The molecule has 1 atom stereocenters. The molecule has 1 heterocycles. The van der Waals surface area contributed by atoms with Crippen LogP contribution in [-0.2, 0) is 14.4 Å². The fraction of sp³-hybridized carbons (Fsp3) is 0.286. The van der Waals surface area contributed by atoms with E-state index in [0.29, 0.717) is 42.5 Å². The maximum Gasteiger partial charge on any atom is 0.247 e. The summed E-state index contributed by atoms with van der Waals surface area (Å²) in [6.45, 7) is 0. The van der Waals surface area contributed by atoms with Crippen LogP contribution in [0.5, 0.6) is 17.2 Å². The minimum absolute atomic E-state index is 0.155. The van der Waals surface area contributed by atoms with E-state index in [2.05, 4.69) is 15.6 Å². The van der Waals surface area contributed by atoms with Gasteiger partial charge in [0.1, 0.15) is 6.04 Å². The number of fused-ring (bicyclic) bond motifs is 1. The van der Waals surface area contributed by atoms with Crippen molar-refractivity contribution in [1.29, 1.82) is 0 Å². The van der Waals surface area contributed by atoms with E-state index in [-0.39, 0.29) is 23.7 Å². The number of aromatic nitrogens is 1. The molecule has 2 aromatic carbocycles. The van der Waals surface area contributed by atoms with E-state index in [1.807, 2.05) is 18.2 Å². The van der Waals surface area contributed by atoms with Gasteiger partial charge in [0.05, 0.1) is 25.4 Å². The number of aromatic hydroxyl groups is 1. The molecule has 0 unspecified atom stereocenters. The fourth-order valence-electron chi connectivity index (χ4n) is 3.96. The standard InChI is InChI=1S/C28H32N4O7/c1-38-22-16-18(17-23(39-2)27(22)35)13-14-24(33)30-21(10-4-3-5-12-25(34)32-37)28(36)31-20-11-6-8-19-9-7-15-29-26(19)20/h6-9,11,13-17,21,35,37H,3-5,10,12H2,1-2H3,(H,30,33)(H,31,36)(H,32,34)/b14-13+/t21-/m0/s1. The molecule has 0 spiro atoms. The van der Waals surface area contributed by atoms with E-state index in [1.165, 1.54) is 26.4 Å². The zero-order valence-corrected chi connectivity index (χ0v) is 21.8. The first-order chi connectivity index (χ1) is 18.9. The van der Waals surface area contributed by atoms with Crippen molar-refractivity contribution in [3.63, 3.8) is 0 Å². The lowest BCUT2D eigenvalue weighted by Gasteiger charge is -2.18.